The van der Waals surface area contributed by atoms with Crippen molar-refractivity contribution in [2.75, 3.05) is 47.5 Å². The highest BCUT2D eigenvalue weighted by Gasteiger charge is 2.27. The highest BCUT2D eigenvalue weighted by molar-refractivity contribution is 7.47. The number of phosphoric ester groups is 1. The highest BCUT2D eigenvalue weighted by atomic mass is 31.2. The Hall–Kier alpha value is -3.85. The summed E-state index contributed by atoms with van der Waals surface area (Å²) in [6.07, 6.45) is 119. The molecule has 0 aromatic heterocycles. The predicted molar refractivity (Wildman–Crippen MR) is 445 cm³/mol. The molecule has 0 aliphatic rings. The van der Waals surface area contributed by atoms with E-state index in [1.807, 2.05) is 21.1 Å². The average Bonchev–Trinajstić information content (AvgIpc) is 0.914. The Morgan fingerprint density at radius 2 is 0.529 bits per heavy atom. The first-order valence-corrected chi connectivity index (χ1v) is 44.4. The number of quaternary nitrogens is 1. The van der Waals surface area contributed by atoms with Gasteiger partial charge in [0.25, 0.3) is 0 Å². The molecule has 0 aromatic carbocycles. The fourth-order valence-electron chi connectivity index (χ4n) is 12.2. The number of ether oxygens (including phenoxy) is 2. The minimum Gasteiger partial charge on any atom is -0.462 e. The van der Waals surface area contributed by atoms with Crippen LogP contribution in [0.25, 0.3) is 0 Å². The van der Waals surface area contributed by atoms with Gasteiger partial charge in [-0.25, -0.2) is 4.57 Å². The Bertz CT molecular complexity index is 2190. The molecular formula is C92H163NO8P+. The van der Waals surface area contributed by atoms with Crippen LogP contribution in [-0.4, -0.2) is 74.9 Å². The SMILES string of the molecule is CC/C=C\C/C=C\C/C=C\C/C=C\C/C=C\C/C=C\CCCCCCCCCCCCCCCCCCCCCCC(=O)OC(COC(=O)CCCCCCCCCCCCCCCCCCCCCCCCC/C=C\C/C=C\C/C=C\C/C=C\C/C=C\CC)COP(=O)(O)OCC[N+](C)(C)C. The molecule has 0 aliphatic heterocycles. The number of esters is 2. The fraction of sp³-hybridized carbons (Fsp3) is 0.739. The number of carbonyl (C=O) groups is 2. The van der Waals surface area contributed by atoms with E-state index in [1.165, 1.54) is 250 Å². The first-order valence-electron chi connectivity index (χ1n) is 42.9. The summed E-state index contributed by atoms with van der Waals surface area (Å²) in [4.78, 5) is 36.1. The van der Waals surface area contributed by atoms with Crippen molar-refractivity contribution >= 4 is 19.8 Å². The van der Waals surface area contributed by atoms with Gasteiger partial charge in [-0.2, -0.15) is 0 Å². The van der Waals surface area contributed by atoms with E-state index in [-0.39, 0.29) is 32.0 Å². The van der Waals surface area contributed by atoms with Gasteiger partial charge in [0.1, 0.15) is 19.8 Å². The zero-order valence-electron chi connectivity index (χ0n) is 67.3. The quantitative estimate of drug-likeness (QED) is 0.0211. The fourth-order valence-corrected chi connectivity index (χ4v) is 13.0. The lowest BCUT2D eigenvalue weighted by molar-refractivity contribution is -0.870. The van der Waals surface area contributed by atoms with Crippen LogP contribution in [0.2, 0.25) is 0 Å². The van der Waals surface area contributed by atoms with Crippen LogP contribution in [-0.2, 0) is 32.7 Å². The molecule has 0 spiro atoms. The lowest BCUT2D eigenvalue weighted by Crippen LogP contribution is -2.37. The largest absolute Gasteiger partial charge is 0.472 e. The number of hydrogen-bond donors (Lipinski definition) is 1. The number of phosphoric acid groups is 1. The van der Waals surface area contributed by atoms with Crippen molar-refractivity contribution in [1.82, 2.24) is 0 Å². The van der Waals surface area contributed by atoms with E-state index in [0.29, 0.717) is 17.4 Å². The van der Waals surface area contributed by atoms with Crippen LogP contribution in [0.4, 0.5) is 0 Å². The number of carbonyl (C=O) groups excluding carboxylic acids is 2. The molecule has 10 heteroatoms. The lowest BCUT2D eigenvalue weighted by atomic mass is 10.0. The summed E-state index contributed by atoms with van der Waals surface area (Å²) in [5.74, 6) is -0.780. The molecule has 0 aliphatic carbocycles. The molecule has 1 N–H and O–H groups in total. The summed E-state index contributed by atoms with van der Waals surface area (Å²) in [6, 6.07) is 0. The van der Waals surface area contributed by atoms with Gasteiger partial charge in [0.15, 0.2) is 6.10 Å². The van der Waals surface area contributed by atoms with Gasteiger partial charge in [0, 0.05) is 12.8 Å². The van der Waals surface area contributed by atoms with Crippen molar-refractivity contribution in [2.24, 2.45) is 0 Å². The molecule has 0 saturated carbocycles. The molecular weight excluding hydrogens is 1280 g/mol. The summed E-state index contributed by atoms with van der Waals surface area (Å²) in [5, 5.41) is 0. The molecule has 588 valence electrons. The third-order valence-electron chi connectivity index (χ3n) is 18.7. The van der Waals surface area contributed by atoms with Crippen LogP contribution in [0.3, 0.4) is 0 Å². The average molecular weight is 1440 g/mol. The van der Waals surface area contributed by atoms with Crippen molar-refractivity contribution in [3.63, 3.8) is 0 Å². The number of rotatable bonds is 79. The van der Waals surface area contributed by atoms with Crippen molar-refractivity contribution in [3.8, 4) is 0 Å². The molecule has 9 nitrogen and oxygen atoms in total. The van der Waals surface area contributed by atoms with Crippen LogP contribution in [0, 0.1) is 0 Å². The predicted octanol–water partition coefficient (Wildman–Crippen LogP) is 29.1. The van der Waals surface area contributed by atoms with Crippen LogP contribution >= 0.6 is 7.82 Å². The van der Waals surface area contributed by atoms with Crippen molar-refractivity contribution in [1.29, 1.82) is 0 Å². The Kier molecular flexibility index (Phi) is 78.2. The Morgan fingerprint density at radius 3 is 0.784 bits per heavy atom. The molecule has 2 atom stereocenters. The molecule has 102 heavy (non-hydrogen) atoms. The summed E-state index contributed by atoms with van der Waals surface area (Å²) in [5.41, 5.74) is 0. The Morgan fingerprint density at radius 1 is 0.304 bits per heavy atom. The van der Waals surface area contributed by atoms with E-state index in [0.717, 1.165) is 103 Å². The van der Waals surface area contributed by atoms with Gasteiger partial charge >= 0.3 is 19.8 Å². The first kappa shape index (κ1) is 98.2. The van der Waals surface area contributed by atoms with E-state index in [9.17, 15) is 19.0 Å². The second kappa shape index (κ2) is 81.2. The molecule has 0 bridgehead atoms. The molecule has 0 amide bonds. The van der Waals surface area contributed by atoms with Gasteiger partial charge in [-0.3, -0.25) is 18.6 Å². The Labute approximate surface area is 631 Å². The van der Waals surface area contributed by atoms with Crippen LogP contribution in [0.1, 0.15) is 386 Å². The first-order chi connectivity index (χ1) is 50.0. The third kappa shape index (κ3) is 85.1. The molecule has 0 rings (SSSR count). The van der Waals surface area contributed by atoms with Gasteiger partial charge < -0.3 is 18.9 Å². The molecule has 0 radical (unpaired) electrons. The number of unbranched alkanes of at least 4 members (excludes halogenated alkanes) is 43. The van der Waals surface area contributed by atoms with E-state index >= 15 is 0 Å². The van der Waals surface area contributed by atoms with Crippen molar-refractivity contribution in [3.05, 3.63) is 134 Å². The normalized spacial score (nSPS) is 13.7. The minimum absolute atomic E-state index is 0.0308. The van der Waals surface area contributed by atoms with E-state index < -0.39 is 26.5 Å². The molecule has 2 unspecified atom stereocenters. The maximum Gasteiger partial charge on any atom is 0.472 e. The van der Waals surface area contributed by atoms with Gasteiger partial charge in [-0.15, -0.1) is 0 Å². The number of likely N-dealkylation sites (N-methyl/N-ethyl adjacent to an activating group) is 1. The van der Waals surface area contributed by atoms with Gasteiger partial charge in [0.05, 0.1) is 27.7 Å². The topological polar surface area (TPSA) is 108 Å². The van der Waals surface area contributed by atoms with Crippen molar-refractivity contribution in [2.45, 2.75) is 392 Å². The highest BCUT2D eigenvalue weighted by Crippen LogP contribution is 2.43. The van der Waals surface area contributed by atoms with Gasteiger partial charge in [-0.05, 0) is 109 Å². The van der Waals surface area contributed by atoms with Gasteiger partial charge in [0.2, 0.25) is 0 Å². The second-order valence-electron chi connectivity index (χ2n) is 29.8. The maximum absolute atomic E-state index is 12.9. The Balaban J connectivity index is 3.90. The summed E-state index contributed by atoms with van der Waals surface area (Å²) < 4.78 is 34.9. The molecule has 0 aromatic rings. The van der Waals surface area contributed by atoms with Crippen LogP contribution < -0.4 is 0 Å². The standard InChI is InChI=1S/C92H162NO8P/c1-6-8-10-12-14-16-18-20-22-24-26-28-30-32-34-36-38-40-42-44-46-48-50-52-54-56-58-60-62-64-66-68-70-72-74-76-78-80-82-84-91(94)98-88-90(89-100-102(96,97)99-87-86-93(3,4)5)101-92(95)85-83-81-79-77-75-73-71-69-67-65-63-61-59-57-55-53-51-49-47-45-43-41-39-37-35-33-31-29-27-25-23-21-19-17-15-13-11-9-7-2/h8-11,14-17,20-23,26-29,32-35,39,41,90H,6-7,12-13,18-19,24-25,30-31,36-38,40,42-89H2,1-5H3/p+1/b10-8-,11-9-,16-14-,17-15-,22-20-,23-21-,28-26-,29-27-,34-32-,35-33-,41-39-. The summed E-state index contributed by atoms with van der Waals surface area (Å²) >= 11 is 0. The lowest BCUT2D eigenvalue weighted by Gasteiger charge is -2.24. The van der Waals surface area contributed by atoms with E-state index in [4.69, 9.17) is 18.5 Å². The zero-order valence-corrected chi connectivity index (χ0v) is 68.2. The summed E-state index contributed by atoms with van der Waals surface area (Å²) in [7, 11) is 1.49. The maximum atomic E-state index is 12.9. The molecule has 0 heterocycles. The number of hydrogen-bond acceptors (Lipinski definition) is 7. The van der Waals surface area contributed by atoms with Gasteiger partial charge in [-0.1, -0.05) is 398 Å². The smallest absolute Gasteiger partial charge is 0.462 e. The third-order valence-corrected chi connectivity index (χ3v) is 19.7. The van der Waals surface area contributed by atoms with Crippen LogP contribution in [0.5, 0.6) is 0 Å². The van der Waals surface area contributed by atoms with Crippen LogP contribution in [0.15, 0.2) is 134 Å². The molecule has 0 fully saturated rings. The number of nitrogens with zero attached hydrogens (tertiary/aromatic N) is 1. The zero-order chi connectivity index (χ0) is 74.0. The van der Waals surface area contributed by atoms with E-state index in [2.05, 4.69) is 148 Å². The number of allylic oxidation sites excluding steroid dienone is 22. The van der Waals surface area contributed by atoms with Crippen molar-refractivity contribution < 1.29 is 42.1 Å². The monoisotopic (exact) mass is 1440 g/mol. The minimum atomic E-state index is -4.40. The summed E-state index contributed by atoms with van der Waals surface area (Å²) in [6.45, 7) is 4.25. The second-order valence-corrected chi connectivity index (χ2v) is 31.3. The van der Waals surface area contributed by atoms with E-state index in [1.54, 1.807) is 0 Å². The molecule has 0 saturated heterocycles.